The Balaban J connectivity index is 0.000000727. The number of morpholine rings is 5. The van der Waals surface area contributed by atoms with Gasteiger partial charge in [-0.1, -0.05) is 41.5 Å². The minimum absolute atomic E-state index is 0.0604. The summed E-state index contributed by atoms with van der Waals surface area (Å²) in [5.41, 5.74) is 1.26. The predicted octanol–water partition coefficient (Wildman–Crippen LogP) is 10.3. The van der Waals surface area contributed by atoms with Gasteiger partial charge in [-0.05, 0) is 254 Å². The number of piperidine rings is 3. The maximum Gasteiger partial charge on any atom is 0.225 e. The summed E-state index contributed by atoms with van der Waals surface area (Å²) in [6.07, 6.45) is 13.5. The second-order valence-corrected chi connectivity index (χ2v) is 46.1. The number of rotatable bonds is 25. The van der Waals surface area contributed by atoms with Gasteiger partial charge in [0.15, 0.2) is 0 Å². The Morgan fingerprint density at radius 3 is 1.16 bits per heavy atom. The van der Waals surface area contributed by atoms with Crippen molar-refractivity contribution in [2.45, 2.75) is 361 Å². The topological polar surface area (TPSA) is 305 Å². The van der Waals surface area contributed by atoms with Crippen LogP contribution in [0.4, 0.5) is 0 Å². The van der Waals surface area contributed by atoms with Crippen LogP contribution >= 0.6 is 0 Å². The lowest BCUT2D eigenvalue weighted by atomic mass is 9.85. The summed E-state index contributed by atoms with van der Waals surface area (Å²) in [6, 6.07) is 0.522. The molecule has 29 nitrogen and oxygen atoms in total. The van der Waals surface area contributed by atoms with E-state index in [1.54, 1.807) is 25.7 Å². The smallest absolute Gasteiger partial charge is 0.225 e. The van der Waals surface area contributed by atoms with Crippen LogP contribution in [-0.2, 0) is 62.0 Å². The molecule has 0 spiro atoms. The second kappa shape index (κ2) is 59.1. The van der Waals surface area contributed by atoms with Crippen LogP contribution in [-0.4, -0.2) is 353 Å². The van der Waals surface area contributed by atoms with Gasteiger partial charge in [0.05, 0.1) is 83.2 Å². The van der Waals surface area contributed by atoms with E-state index >= 15 is 0 Å². The fourth-order valence-corrected chi connectivity index (χ4v) is 15.1. The molecule has 29 heteroatoms. The molecule has 0 saturated carbocycles. The maximum atomic E-state index is 12.1. The van der Waals surface area contributed by atoms with Crippen LogP contribution in [0.3, 0.4) is 0 Å². The molecule has 8 heterocycles. The first-order valence-corrected chi connectivity index (χ1v) is 48.5. The molecule has 746 valence electrons. The number of nitrogens with one attached hydrogen (secondary N) is 8. The van der Waals surface area contributed by atoms with E-state index in [1.165, 1.54) is 19.3 Å². The molecule has 8 N–H and O–H groups in total. The summed E-state index contributed by atoms with van der Waals surface area (Å²) in [5, 5.41) is 27.8. The molecule has 8 rings (SSSR count). The standard InChI is InChI=1S/C15H30N2O2.C14H28N2O.C13H26N2O2.C12H24N2O2.C12H24N2O.C11H22N2O2.C11H22N2O.C10H20N2O2/c1-12(18)17-7-8-19-13(10-17)9-15(5,6)11-16-14(2,3)4;1-11(2)13(17)16-8-6-7-12(10-16)9-15-14(3,4)5;1-10(2)12(16)15-6-7-17-9-11(15)8-14-13(3,4)5;1-12(2,3)13-6-4-5-11-9-14(10-15)7-8-16-11;1-10(15)14-7-5-6-11(9-14)8-13-12(2,3)4;1-9(14)13-5-6-15-8-10(13)7-12-11(2,3)4;1-11(2,3)12-7-10-5-4-6-13(8-10)9-14;1-10(2,3)11-6-9-7-14-5-4-12(9)8-13/h13,16H,7-11H2,1-6H3;11-12,15H,6-10H2,1-5H3;10-11,14H,6-9H2,1-5H3;10-11,13H,4-9H2,1-3H3;11,13H,5-9H2,1-4H3;10,12H,5-8H2,1-4H3;9-10,12H,4-8H2,1-3H3;8-9,11H,4-7H2,1-3H3. The fraction of sp³-hybridized carbons (Fsp3) is 0.918. The normalized spacial score (nSPS) is 22.5. The summed E-state index contributed by atoms with van der Waals surface area (Å²) in [7, 11) is 0. The molecule has 127 heavy (non-hydrogen) atoms. The number of carbonyl (C=O) groups is 8. The van der Waals surface area contributed by atoms with E-state index in [0.29, 0.717) is 96.2 Å². The molecule has 0 bridgehead atoms. The largest absolute Gasteiger partial charge is 0.377 e. The van der Waals surface area contributed by atoms with E-state index in [4.69, 9.17) is 23.7 Å². The highest BCUT2D eigenvalue weighted by Gasteiger charge is 2.34. The molecule has 8 atom stereocenters. The van der Waals surface area contributed by atoms with Crippen molar-refractivity contribution in [2.24, 2.45) is 35.0 Å². The molecule has 0 aliphatic carbocycles. The molecule has 8 saturated heterocycles. The summed E-state index contributed by atoms with van der Waals surface area (Å²) < 4.78 is 27.6. The number of hydrogen-bond donors (Lipinski definition) is 8. The first kappa shape index (κ1) is 120. The molecule has 8 fully saturated rings. The van der Waals surface area contributed by atoms with Gasteiger partial charge in [0.2, 0.25) is 48.8 Å². The van der Waals surface area contributed by atoms with E-state index in [2.05, 4.69) is 223 Å². The highest BCUT2D eigenvalue weighted by Crippen LogP contribution is 2.27. The van der Waals surface area contributed by atoms with Gasteiger partial charge in [-0.15, -0.1) is 0 Å². The number of likely N-dealkylation sites (tertiary alicyclic amines) is 3. The Kier molecular flexibility index (Phi) is 55.9. The van der Waals surface area contributed by atoms with Crippen molar-refractivity contribution >= 4 is 48.8 Å². The zero-order chi connectivity index (χ0) is 97.0. The van der Waals surface area contributed by atoms with Crippen molar-refractivity contribution in [1.82, 2.24) is 81.7 Å². The van der Waals surface area contributed by atoms with Gasteiger partial charge in [-0.25, -0.2) is 0 Å². The van der Waals surface area contributed by atoms with E-state index in [-0.39, 0.29) is 116 Å². The third-order valence-electron chi connectivity index (χ3n) is 22.5. The van der Waals surface area contributed by atoms with E-state index in [9.17, 15) is 38.4 Å². The first-order chi connectivity index (χ1) is 58.5. The van der Waals surface area contributed by atoms with Crippen LogP contribution < -0.4 is 42.5 Å². The maximum absolute atomic E-state index is 12.1. The molecule has 0 radical (unpaired) electrons. The van der Waals surface area contributed by atoms with Crippen LogP contribution in [0, 0.1) is 35.0 Å². The van der Waals surface area contributed by atoms with Crippen LogP contribution in [0.25, 0.3) is 0 Å². The second-order valence-electron chi connectivity index (χ2n) is 46.1. The third kappa shape index (κ3) is 60.9. The monoisotopic (exact) mass is 1810 g/mol. The average molecular weight is 1810 g/mol. The number of nitrogens with zero attached hydrogens (tertiary/aromatic N) is 8. The number of amides is 8. The molecular formula is C98H196N16O13. The van der Waals surface area contributed by atoms with Crippen LogP contribution in [0.1, 0.15) is 286 Å². The molecule has 0 aromatic heterocycles. The number of carbonyl (C=O) groups excluding carboxylic acids is 8. The summed E-state index contributed by atoms with van der Waals surface area (Å²) in [6.45, 7) is 92.4. The Hall–Kier alpha value is -4.76. The van der Waals surface area contributed by atoms with E-state index in [0.717, 1.165) is 176 Å². The van der Waals surface area contributed by atoms with Gasteiger partial charge in [0, 0.05) is 208 Å². The third-order valence-corrected chi connectivity index (χ3v) is 22.5. The summed E-state index contributed by atoms with van der Waals surface area (Å²) in [5.74, 6) is 3.11. The lowest BCUT2D eigenvalue weighted by Crippen LogP contribution is -2.56. The molecule has 8 amide bonds. The average Bonchev–Trinajstić information content (AvgIpc) is 0.859. The minimum atomic E-state index is 0.0604. The van der Waals surface area contributed by atoms with Gasteiger partial charge in [0.1, 0.15) is 0 Å². The first-order valence-electron chi connectivity index (χ1n) is 48.5. The predicted molar refractivity (Wildman–Crippen MR) is 519 cm³/mol. The van der Waals surface area contributed by atoms with Gasteiger partial charge < -0.3 is 105 Å². The molecule has 0 aromatic rings. The van der Waals surface area contributed by atoms with Crippen molar-refractivity contribution in [3.8, 4) is 0 Å². The van der Waals surface area contributed by atoms with Crippen LogP contribution in [0.2, 0.25) is 0 Å². The van der Waals surface area contributed by atoms with Crippen LogP contribution in [0.5, 0.6) is 0 Å². The quantitative estimate of drug-likeness (QED) is 0.0311. The Morgan fingerprint density at radius 1 is 0.354 bits per heavy atom. The van der Waals surface area contributed by atoms with Crippen molar-refractivity contribution in [1.29, 1.82) is 0 Å². The van der Waals surface area contributed by atoms with Crippen molar-refractivity contribution in [2.75, 3.05) is 190 Å². The molecule has 8 aliphatic rings. The Labute approximate surface area is 774 Å². The molecular weight excluding hydrogens is 1610 g/mol. The fourth-order valence-electron chi connectivity index (χ4n) is 15.1. The highest BCUT2D eigenvalue weighted by molar-refractivity contribution is 5.79. The minimum Gasteiger partial charge on any atom is -0.377 e. The Bertz CT molecular complexity index is 3040. The van der Waals surface area contributed by atoms with Gasteiger partial charge in [-0.2, -0.15) is 0 Å². The SMILES string of the molecule is CC(=O)N1CCCC(CNC(C)(C)C)C1.CC(=O)N1CCOC(CC(C)(C)CNC(C)(C)C)C1.CC(=O)N1CCOCC1CNC(C)(C)C.CC(C)(C)NCC1CCCN(C=O)C1.CC(C)(C)NCC1COCCN1C=O.CC(C)(C)NCCCC1CN(C=O)CCO1.CC(C)C(=O)N1CCCC(CNC(C)(C)C)C1.CC(C)C(=O)N1CCOCC1CNC(C)(C)C. The van der Waals surface area contributed by atoms with E-state index in [1.807, 2.05) is 62.0 Å². The lowest BCUT2D eigenvalue weighted by molar-refractivity contribution is -0.143. The zero-order valence-electron chi connectivity index (χ0n) is 87.3. The summed E-state index contributed by atoms with van der Waals surface area (Å²) in [4.78, 5) is 105. The number of hydrogen-bond acceptors (Lipinski definition) is 21. The Morgan fingerprint density at radius 2 is 0.724 bits per heavy atom. The molecule has 8 aliphatic heterocycles. The highest BCUT2D eigenvalue weighted by atomic mass is 16.5. The zero-order valence-corrected chi connectivity index (χ0v) is 87.3. The van der Waals surface area contributed by atoms with Crippen molar-refractivity contribution < 1.29 is 62.0 Å². The van der Waals surface area contributed by atoms with Crippen LogP contribution in [0.15, 0.2) is 0 Å². The van der Waals surface area contributed by atoms with Gasteiger partial charge in [-0.3, -0.25) is 38.4 Å². The van der Waals surface area contributed by atoms with Gasteiger partial charge >= 0.3 is 0 Å². The van der Waals surface area contributed by atoms with E-state index < -0.39 is 0 Å². The molecule has 8 unspecified atom stereocenters. The molecule has 0 aromatic carbocycles. The van der Waals surface area contributed by atoms with Crippen molar-refractivity contribution in [3.63, 3.8) is 0 Å². The summed E-state index contributed by atoms with van der Waals surface area (Å²) >= 11 is 0. The van der Waals surface area contributed by atoms with Crippen molar-refractivity contribution in [3.05, 3.63) is 0 Å². The lowest BCUT2D eigenvalue weighted by Gasteiger charge is -2.38. The number of ether oxygens (including phenoxy) is 5. The van der Waals surface area contributed by atoms with Gasteiger partial charge in [0.25, 0.3) is 0 Å².